The van der Waals surface area contributed by atoms with E-state index in [9.17, 15) is 18.0 Å². The lowest BCUT2D eigenvalue weighted by atomic mass is 9.87. The van der Waals surface area contributed by atoms with Crippen LogP contribution in [0.25, 0.3) is 11.0 Å². The zero-order chi connectivity index (χ0) is 20.5. The van der Waals surface area contributed by atoms with Crippen LogP contribution < -0.4 is 10.1 Å². The Hall–Kier alpha value is -3.03. The van der Waals surface area contributed by atoms with Crippen LogP contribution in [0.4, 0.5) is 19.0 Å². The topological polar surface area (TPSA) is 64.4 Å². The Morgan fingerprint density at radius 3 is 2.39 bits per heavy atom. The lowest BCUT2D eigenvalue weighted by Crippen LogP contribution is -2.19. The molecule has 8 heteroatoms. The second-order valence-corrected chi connectivity index (χ2v) is 7.35. The Kier molecular flexibility index (Phi) is 5.06. The summed E-state index contributed by atoms with van der Waals surface area (Å²) in [5, 5.41) is 6.50. The van der Waals surface area contributed by atoms with E-state index >= 15 is 0 Å². The van der Waals surface area contributed by atoms with Crippen molar-refractivity contribution in [2.75, 3.05) is 11.9 Å². The third kappa shape index (κ3) is 4.44. The van der Waals surface area contributed by atoms with Gasteiger partial charge >= 0.3 is 6.18 Å². The highest BCUT2D eigenvalue weighted by Crippen LogP contribution is 2.33. The Bertz CT molecular complexity index is 987. The van der Waals surface area contributed by atoms with Crippen LogP contribution in [0.15, 0.2) is 47.0 Å². The molecule has 148 valence electrons. The van der Waals surface area contributed by atoms with Gasteiger partial charge in [0.1, 0.15) is 11.1 Å². The molecule has 0 spiro atoms. The SMILES string of the molecule is CC(C)(C)c1ccc(C(=O)Nc2noc3cccc(OCC(F)(F)F)c23)cc1. The van der Waals surface area contributed by atoms with Crippen LogP contribution in [0.5, 0.6) is 5.75 Å². The van der Waals surface area contributed by atoms with Crippen molar-refractivity contribution in [3.8, 4) is 5.75 Å². The van der Waals surface area contributed by atoms with Gasteiger partial charge in [-0.3, -0.25) is 4.79 Å². The maximum absolute atomic E-state index is 12.5. The van der Waals surface area contributed by atoms with Crippen molar-refractivity contribution in [3.05, 3.63) is 53.6 Å². The van der Waals surface area contributed by atoms with Crippen molar-refractivity contribution < 1.29 is 27.2 Å². The van der Waals surface area contributed by atoms with Crippen LogP contribution in [0.1, 0.15) is 36.7 Å². The molecule has 0 bridgehead atoms. The molecule has 0 aliphatic carbocycles. The molecule has 1 aromatic heterocycles. The fourth-order valence-corrected chi connectivity index (χ4v) is 2.63. The number of nitrogens with zero attached hydrogens (tertiary/aromatic N) is 1. The van der Waals surface area contributed by atoms with E-state index in [1.807, 2.05) is 12.1 Å². The van der Waals surface area contributed by atoms with Gasteiger partial charge in [-0.25, -0.2) is 0 Å². The minimum Gasteiger partial charge on any atom is -0.483 e. The van der Waals surface area contributed by atoms with Gasteiger partial charge in [-0.15, -0.1) is 0 Å². The first-order valence-corrected chi connectivity index (χ1v) is 8.54. The summed E-state index contributed by atoms with van der Waals surface area (Å²) in [6.45, 7) is 4.73. The lowest BCUT2D eigenvalue weighted by Gasteiger charge is -2.19. The molecule has 1 heterocycles. The number of hydrogen-bond donors (Lipinski definition) is 1. The Morgan fingerprint density at radius 2 is 1.79 bits per heavy atom. The van der Waals surface area contributed by atoms with Crippen LogP contribution in [0.3, 0.4) is 0 Å². The Labute approximate surface area is 159 Å². The molecular weight excluding hydrogens is 373 g/mol. The van der Waals surface area contributed by atoms with E-state index in [2.05, 4.69) is 31.2 Å². The molecule has 0 saturated carbocycles. The number of halogens is 3. The smallest absolute Gasteiger partial charge is 0.422 e. The first kappa shape index (κ1) is 19.7. The molecular formula is C20H19F3N2O3. The molecule has 5 nitrogen and oxygen atoms in total. The molecule has 3 rings (SSSR count). The number of anilines is 1. The first-order chi connectivity index (χ1) is 13.0. The van der Waals surface area contributed by atoms with Crippen molar-refractivity contribution in [1.82, 2.24) is 5.16 Å². The molecule has 0 aliphatic heterocycles. The highest BCUT2D eigenvalue weighted by atomic mass is 19.4. The number of alkyl halides is 3. The van der Waals surface area contributed by atoms with E-state index in [1.165, 1.54) is 18.2 Å². The summed E-state index contributed by atoms with van der Waals surface area (Å²) in [5.74, 6) is -0.534. The van der Waals surface area contributed by atoms with Crippen LogP contribution in [0, 0.1) is 0 Å². The molecule has 3 aromatic rings. The van der Waals surface area contributed by atoms with E-state index in [0.717, 1.165) is 5.56 Å². The van der Waals surface area contributed by atoms with E-state index in [1.54, 1.807) is 12.1 Å². The first-order valence-electron chi connectivity index (χ1n) is 8.54. The number of benzene rings is 2. The molecule has 0 saturated heterocycles. The fraction of sp³-hybridized carbons (Fsp3) is 0.300. The molecule has 0 unspecified atom stereocenters. The van der Waals surface area contributed by atoms with Crippen molar-refractivity contribution in [2.24, 2.45) is 0 Å². The average Bonchev–Trinajstić information content (AvgIpc) is 3.02. The minimum absolute atomic E-state index is 0.00216. The molecule has 0 atom stereocenters. The van der Waals surface area contributed by atoms with E-state index in [-0.39, 0.29) is 28.0 Å². The maximum Gasteiger partial charge on any atom is 0.422 e. The molecule has 28 heavy (non-hydrogen) atoms. The number of hydrogen-bond acceptors (Lipinski definition) is 4. The number of carbonyl (C=O) groups is 1. The number of fused-ring (bicyclic) bond motifs is 1. The summed E-state index contributed by atoms with van der Waals surface area (Å²) in [7, 11) is 0. The molecule has 2 aromatic carbocycles. The van der Waals surface area contributed by atoms with Gasteiger partial charge in [0.05, 0.1) is 0 Å². The van der Waals surface area contributed by atoms with Gasteiger partial charge in [0.2, 0.25) is 0 Å². The van der Waals surface area contributed by atoms with Gasteiger partial charge in [0.25, 0.3) is 5.91 Å². The largest absolute Gasteiger partial charge is 0.483 e. The number of nitrogens with one attached hydrogen (secondary N) is 1. The van der Waals surface area contributed by atoms with Gasteiger partial charge in [0, 0.05) is 5.56 Å². The molecule has 1 N–H and O–H groups in total. The second kappa shape index (κ2) is 7.18. The summed E-state index contributed by atoms with van der Waals surface area (Å²) in [6.07, 6.45) is -4.49. The number of carbonyl (C=O) groups excluding carboxylic acids is 1. The van der Waals surface area contributed by atoms with Crippen molar-refractivity contribution >= 4 is 22.7 Å². The Morgan fingerprint density at radius 1 is 1.11 bits per heavy atom. The number of rotatable bonds is 4. The average molecular weight is 392 g/mol. The molecule has 1 amide bonds. The summed E-state index contributed by atoms with van der Waals surface area (Å²) in [6, 6.07) is 11.4. The standard InChI is InChI=1S/C20H19F3N2O3/c1-19(2,3)13-9-7-12(8-10-13)18(26)24-17-16-14(27-11-20(21,22)23)5-4-6-15(16)28-25-17/h4-10H,11H2,1-3H3,(H,24,25,26). The van der Waals surface area contributed by atoms with Crippen LogP contribution in [-0.4, -0.2) is 23.8 Å². The van der Waals surface area contributed by atoms with Gasteiger partial charge in [-0.2, -0.15) is 13.2 Å². The molecule has 0 aliphatic rings. The van der Waals surface area contributed by atoms with Crippen molar-refractivity contribution in [3.63, 3.8) is 0 Å². The predicted octanol–water partition coefficient (Wildman–Crippen LogP) is 5.32. The second-order valence-electron chi connectivity index (χ2n) is 7.35. The molecule has 0 fully saturated rings. The molecule has 0 radical (unpaired) electrons. The van der Waals surface area contributed by atoms with E-state index in [4.69, 9.17) is 9.26 Å². The zero-order valence-electron chi connectivity index (χ0n) is 15.6. The van der Waals surface area contributed by atoms with Gasteiger partial charge in [0.15, 0.2) is 18.0 Å². The van der Waals surface area contributed by atoms with Crippen LogP contribution in [0.2, 0.25) is 0 Å². The lowest BCUT2D eigenvalue weighted by molar-refractivity contribution is -0.153. The quantitative estimate of drug-likeness (QED) is 0.653. The van der Waals surface area contributed by atoms with Gasteiger partial charge < -0.3 is 14.6 Å². The fourth-order valence-electron chi connectivity index (χ4n) is 2.63. The van der Waals surface area contributed by atoms with Crippen LogP contribution >= 0.6 is 0 Å². The monoisotopic (exact) mass is 392 g/mol. The maximum atomic E-state index is 12.5. The third-order valence-electron chi connectivity index (χ3n) is 4.10. The minimum atomic E-state index is -4.49. The van der Waals surface area contributed by atoms with E-state index in [0.29, 0.717) is 5.56 Å². The Balaban J connectivity index is 1.85. The highest BCUT2D eigenvalue weighted by molar-refractivity contribution is 6.08. The number of ether oxygens (including phenoxy) is 1. The summed E-state index contributed by atoms with van der Waals surface area (Å²) in [4.78, 5) is 12.5. The summed E-state index contributed by atoms with van der Waals surface area (Å²) >= 11 is 0. The van der Waals surface area contributed by atoms with Crippen molar-refractivity contribution in [2.45, 2.75) is 32.4 Å². The summed E-state index contributed by atoms with van der Waals surface area (Å²) in [5.41, 5.74) is 1.61. The summed E-state index contributed by atoms with van der Waals surface area (Å²) < 4.78 is 47.4. The van der Waals surface area contributed by atoms with Gasteiger partial charge in [-0.1, -0.05) is 44.1 Å². The third-order valence-corrected chi connectivity index (χ3v) is 4.10. The predicted molar refractivity (Wildman–Crippen MR) is 98.7 cm³/mol. The van der Waals surface area contributed by atoms with Crippen LogP contribution in [-0.2, 0) is 5.41 Å². The normalized spacial score (nSPS) is 12.2. The van der Waals surface area contributed by atoms with Crippen molar-refractivity contribution in [1.29, 1.82) is 0 Å². The highest BCUT2D eigenvalue weighted by Gasteiger charge is 2.29. The number of amides is 1. The zero-order valence-corrected chi connectivity index (χ0v) is 15.6. The van der Waals surface area contributed by atoms with Gasteiger partial charge in [-0.05, 0) is 35.2 Å². The van der Waals surface area contributed by atoms with E-state index < -0.39 is 18.7 Å². The number of aromatic nitrogens is 1.